The van der Waals surface area contributed by atoms with E-state index in [4.69, 9.17) is 33.2 Å². The normalized spacial score (nSPS) is 12.0. The fourth-order valence-corrected chi connectivity index (χ4v) is 5.46. The highest BCUT2D eigenvalue weighted by Gasteiger charge is 2.23. The van der Waals surface area contributed by atoms with Crippen molar-refractivity contribution in [3.05, 3.63) is 34.0 Å². The van der Waals surface area contributed by atoms with Crippen LogP contribution in [-0.4, -0.2) is 6.00 Å². The third kappa shape index (κ3) is 4.55. The van der Waals surface area contributed by atoms with Gasteiger partial charge in [-0.25, -0.2) is 0 Å². The highest BCUT2D eigenvalue weighted by molar-refractivity contribution is 7.64. The molecule has 0 radical (unpaired) electrons. The molecule has 0 unspecified atom stereocenters. The SMILES string of the molecule is Cc1ccc(-c2ccc(CCC[Si](Cl)(Cl)Cl)s2)s1. The maximum atomic E-state index is 5.88. The van der Waals surface area contributed by atoms with Gasteiger partial charge in [-0.1, -0.05) is 0 Å². The number of hydrogen-bond donors (Lipinski definition) is 0. The Labute approximate surface area is 131 Å². The van der Waals surface area contributed by atoms with E-state index in [0.717, 1.165) is 18.9 Å². The fraction of sp³-hybridized carbons (Fsp3) is 0.333. The lowest BCUT2D eigenvalue weighted by molar-refractivity contribution is 0.932. The molecule has 6 heteroatoms. The molecular formula is C12H13Cl3S2Si. The van der Waals surface area contributed by atoms with Crippen LogP contribution in [-0.2, 0) is 6.42 Å². The lowest BCUT2D eigenvalue weighted by atomic mass is 10.3. The first-order valence-electron chi connectivity index (χ1n) is 5.66. The Bertz CT molecular complexity index is 513. The van der Waals surface area contributed by atoms with Gasteiger partial charge in [-0.2, -0.15) is 0 Å². The fourth-order valence-electron chi connectivity index (χ4n) is 1.67. The predicted octanol–water partition coefficient (Wildman–Crippen LogP) is 6.37. The Kier molecular flexibility index (Phi) is 5.20. The maximum Gasteiger partial charge on any atom is 0.341 e. The second-order valence-corrected chi connectivity index (χ2v) is 15.9. The van der Waals surface area contributed by atoms with Gasteiger partial charge in [0.15, 0.2) is 0 Å². The molecule has 0 nitrogen and oxygen atoms in total. The molecule has 2 heterocycles. The minimum atomic E-state index is -2.44. The zero-order valence-electron chi connectivity index (χ0n) is 9.88. The van der Waals surface area contributed by atoms with Crippen molar-refractivity contribution in [1.82, 2.24) is 0 Å². The number of hydrogen-bond acceptors (Lipinski definition) is 2. The van der Waals surface area contributed by atoms with Crippen LogP contribution >= 0.6 is 55.9 Å². The van der Waals surface area contributed by atoms with E-state index in [9.17, 15) is 0 Å². The molecule has 0 aromatic carbocycles. The van der Waals surface area contributed by atoms with E-state index >= 15 is 0 Å². The Balaban J connectivity index is 1.94. The number of rotatable bonds is 5. The molecule has 0 amide bonds. The molecule has 0 N–H and O–H groups in total. The topological polar surface area (TPSA) is 0 Å². The largest absolute Gasteiger partial charge is 0.341 e. The Hall–Kier alpha value is 0.487. The van der Waals surface area contributed by atoms with E-state index < -0.39 is 6.00 Å². The smallest absolute Gasteiger partial charge is 0.140 e. The van der Waals surface area contributed by atoms with Crippen LogP contribution < -0.4 is 0 Å². The first-order chi connectivity index (χ1) is 8.44. The highest BCUT2D eigenvalue weighted by atomic mass is 35.8. The van der Waals surface area contributed by atoms with Crippen LogP contribution in [0.4, 0.5) is 0 Å². The van der Waals surface area contributed by atoms with E-state index in [1.54, 1.807) is 0 Å². The van der Waals surface area contributed by atoms with Crippen LogP contribution in [0.25, 0.3) is 9.75 Å². The van der Waals surface area contributed by atoms with Crippen molar-refractivity contribution >= 4 is 61.9 Å². The Morgan fingerprint density at radius 2 is 1.67 bits per heavy atom. The quantitative estimate of drug-likeness (QED) is 0.431. The van der Waals surface area contributed by atoms with Crippen LogP contribution in [0.5, 0.6) is 0 Å². The van der Waals surface area contributed by atoms with E-state index in [1.807, 2.05) is 22.7 Å². The molecule has 2 rings (SSSR count). The van der Waals surface area contributed by atoms with Crippen molar-refractivity contribution in [3.63, 3.8) is 0 Å². The number of thiophene rings is 2. The summed E-state index contributed by atoms with van der Waals surface area (Å²) >= 11 is 21.3. The molecule has 0 aliphatic carbocycles. The van der Waals surface area contributed by atoms with Crippen LogP contribution in [0.3, 0.4) is 0 Å². The first-order valence-corrected chi connectivity index (χ1v) is 12.5. The van der Waals surface area contributed by atoms with Gasteiger partial charge in [-0.15, -0.1) is 55.9 Å². The maximum absolute atomic E-state index is 5.88. The molecule has 0 aliphatic heterocycles. The third-order valence-corrected chi connectivity index (χ3v) is 7.49. The lowest BCUT2D eigenvalue weighted by Crippen LogP contribution is -2.08. The third-order valence-electron chi connectivity index (χ3n) is 2.53. The summed E-state index contributed by atoms with van der Waals surface area (Å²) in [5.41, 5.74) is 0. The molecule has 0 saturated carbocycles. The number of aryl methyl sites for hydroxylation is 2. The molecule has 0 bridgehead atoms. The van der Waals surface area contributed by atoms with Gasteiger partial charge in [0.05, 0.1) is 0 Å². The van der Waals surface area contributed by atoms with Gasteiger partial charge in [-0.05, 0) is 50.1 Å². The van der Waals surface area contributed by atoms with Gasteiger partial charge < -0.3 is 0 Å². The van der Waals surface area contributed by atoms with Crippen LogP contribution in [0.1, 0.15) is 16.2 Å². The van der Waals surface area contributed by atoms with Gasteiger partial charge in [-0.3, -0.25) is 0 Å². The van der Waals surface area contributed by atoms with E-state index in [2.05, 4.69) is 31.2 Å². The zero-order chi connectivity index (χ0) is 13.2. The minimum absolute atomic E-state index is 0.739. The van der Waals surface area contributed by atoms with Gasteiger partial charge >= 0.3 is 6.00 Å². The van der Waals surface area contributed by atoms with Crippen LogP contribution in [0.2, 0.25) is 6.04 Å². The summed E-state index contributed by atoms with van der Waals surface area (Å²) in [6, 6.07) is 7.02. The van der Waals surface area contributed by atoms with Crippen molar-refractivity contribution in [2.75, 3.05) is 0 Å². The molecule has 0 saturated heterocycles. The molecule has 2 aromatic heterocycles. The monoisotopic (exact) mass is 354 g/mol. The van der Waals surface area contributed by atoms with Gasteiger partial charge in [0.25, 0.3) is 0 Å². The molecule has 0 atom stereocenters. The van der Waals surface area contributed by atoms with Crippen LogP contribution in [0.15, 0.2) is 24.3 Å². The molecular weight excluding hydrogens is 343 g/mol. The summed E-state index contributed by atoms with van der Waals surface area (Å²) in [5, 5.41) is 0. The van der Waals surface area contributed by atoms with E-state index in [0.29, 0.717) is 0 Å². The van der Waals surface area contributed by atoms with E-state index in [-0.39, 0.29) is 0 Å². The van der Waals surface area contributed by atoms with Crippen molar-refractivity contribution < 1.29 is 0 Å². The second-order valence-electron chi connectivity index (χ2n) is 4.14. The lowest BCUT2D eigenvalue weighted by Gasteiger charge is -2.05. The average Bonchev–Trinajstić information content (AvgIpc) is 2.85. The summed E-state index contributed by atoms with van der Waals surface area (Å²) in [5.74, 6) is 0. The summed E-state index contributed by atoms with van der Waals surface area (Å²) in [4.78, 5) is 5.41. The van der Waals surface area contributed by atoms with Gasteiger partial charge in [0.2, 0.25) is 0 Å². The predicted molar refractivity (Wildman–Crippen MR) is 88.8 cm³/mol. The van der Waals surface area contributed by atoms with Crippen molar-refractivity contribution in [3.8, 4) is 9.75 Å². The summed E-state index contributed by atoms with van der Waals surface area (Å²) in [6.07, 6.45) is 1.97. The molecule has 18 heavy (non-hydrogen) atoms. The Morgan fingerprint density at radius 1 is 1.00 bits per heavy atom. The number of halogens is 3. The summed E-state index contributed by atoms with van der Waals surface area (Å²) < 4.78 is 0. The second kappa shape index (κ2) is 6.29. The average molecular weight is 356 g/mol. The van der Waals surface area contributed by atoms with Crippen molar-refractivity contribution in [1.29, 1.82) is 0 Å². The molecule has 98 valence electrons. The van der Waals surface area contributed by atoms with Crippen molar-refractivity contribution in [2.45, 2.75) is 25.8 Å². The molecule has 0 aliphatic rings. The Morgan fingerprint density at radius 3 is 2.28 bits per heavy atom. The molecule has 0 fully saturated rings. The first kappa shape index (κ1) is 14.9. The van der Waals surface area contributed by atoms with Crippen LogP contribution in [0, 0.1) is 6.92 Å². The molecule has 2 aromatic rings. The standard InChI is InChI=1S/C12H13Cl3S2Si/c1-9-4-6-11(16-9)12-7-5-10(17-12)3-2-8-18(13,14)15/h4-7H,2-3,8H2,1H3. The minimum Gasteiger partial charge on any atom is -0.140 e. The zero-order valence-corrected chi connectivity index (χ0v) is 14.8. The van der Waals surface area contributed by atoms with Crippen molar-refractivity contribution in [2.24, 2.45) is 0 Å². The van der Waals surface area contributed by atoms with Gasteiger partial charge in [0, 0.05) is 19.5 Å². The molecule has 0 spiro atoms. The van der Waals surface area contributed by atoms with Gasteiger partial charge in [0.1, 0.15) is 0 Å². The summed E-state index contributed by atoms with van der Waals surface area (Å²) in [6.45, 7) is 2.13. The van der Waals surface area contributed by atoms with E-state index in [1.165, 1.54) is 19.5 Å². The summed E-state index contributed by atoms with van der Waals surface area (Å²) in [7, 11) is 0. The highest BCUT2D eigenvalue weighted by Crippen LogP contribution is 2.34.